The molecule has 0 radical (unpaired) electrons. The lowest BCUT2D eigenvalue weighted by Gasteiger charge is -2.26. The van der Waals surface area contributed by atoms with Crippen LogP contribution in [0.5, 0.6) is 0 Å². The minimum absolute atomic E-state index is 0.0577. The van der Waals surface area contributed by atoms with Crippen LogP contribution in [0, 0.1) is 17.1 Å². The number of hydrogen-bond donors (Lipinski definition) is 1. The van der Waals surface area contributed by atoms with Crippen LogP contribution < -0.4 is 5.32 Å². The predicted molar refractivity (Wildman–Crippen MR) is 118 cm³/mol. The van der Waals surface area contributed by atoms with Gasteiger partial charge in [0, 0.05) is 53.2 Å². The van der Waals surface area contributed by atoms with Gasteiger partial charge in [-0.1, -0.05) is 23.4 Å². The average molecular weight is 443 g/mol. The molecule has 0 amide bonds. The van der Waals surface area contributed by atoms with Gasteiger partial charge in [-0.25, -0.2) is 4.39 Å². The third kappa shape index (κ3) is 4.85. The van der Waals surface area contributed by atoms with Crippen molar-refractivity contribution >= 4 is 40.0 Å². The molecular formula is C22H20ClFN4OS. The standard InChI is InChI=1S/C22H20ClFN4OS/c23-19-12-17(2-3-20(19)24)30-22-15(13-25)14-27-21-4-1-16(11-18(21)22)26-5-6-28-7-9-29-10-8-28/h1-4,11-12,14,26H,5-10H2. The zero-order chi connectivity index (χ0) is 20.9. The monoisotopic (exact) mass is 442 g/mol. The fourth-order valence-electron chi connectivity index (χ4n) is 3.31. The molecule has 1 fully saturated rings. The van der Waals surface area contributed by atoms with E-state index in [9.17, 15) is 9.65 Å². The quantitative estimate of drug-likeness (QED) is 0.592. The average Bonchev–Trinajstić information content (AvgIpc) is 2.77. The van der Waals surface area contributed by atoms with Crippen molar-refractivity contribution < 1.29 is 9.13 Å². The number of anilines is 1. The molecular weight excluding hydrogens is 423 g/mol. The van der Waals surface area contributed by atoms with Gasteiger partial charge in [0.1, 0.15) is 11.9 Å². The van der Waals surface area contributed by atoms with Gasteiger partial charge in [0.05, 0.1) is 29.3 Å². The van der Waals surface area contributed by atoms with Crippen LogP contribution in [0.25, 0.3) is 10.9 Å². The molecule has 3 aromatic rings. The summed E-state index contributed by atoms with van der Waals surface area (Å²) in [5, 5.41) is 14.0. The Hall–Kier alpha value is -2.37. The van der Waals surface area contributed by atoms with Crippen LogP contribution in [0.3, 0.4) is 0 Å². The number of ether oxygens (including phenoxy) is 1. The van der Waals surface area contributed by atoms with Gasteiger partial charge < -0.3 is 10.1 Å². The summed E-state index contributed by atoms with van der Waals surface area (Å²) in [5.41, 5.74) is 2.23. The molecule has 0 spiro atoms. The van der Waals surface area contributed by atoms with Gasteiger partial charge in [0.15, 0.2) is 0 Å². The Morgan fingerprint density at radius 1 is 1.23 bits per heavy atom. The number of hydrogen-bond acceptors (Lipinski definition) is 6. The van der Waals surface area contributed by atoms with Crippen LogP contribution in [0.2, 0.25) is 5.02 Å². The molecule has 1 aromatic heterocycles. The van der Waals surface area contributed by atoms with E-state index >= 15 is 0 Å². The Labute approximate surface area is 183 Å². The number of morpholine rings is 1. The molecule has 4 rings (SSSR count). The Morgan fingerprint density at radius 2 is 2.07 bits per heavy atom. The summed E-state index contributed by atoms with van der Waals surface area (Å²) in [4.78, 5) is 8.32. The molecule has 154 valence electrons. The van der Waals surface area contributed by atoms with Crippen LogP contribution >= 0.6 is 23.4 Å². The summed E-state index contributed by atoms with van der Waals surface area (Å²) in [6.07, 6.45) is 1.57. The maximum Gasteiger partial charge on any atom is 0.141 e. The highest BCUT2D eigenvalue weighted by atomic mass is 35.5. The van der Waals surface area contributed by atoms with E-state index in [2.05, 4.69) is 21.3 Å². The second-order valence-electron chi connectivity index (χ2n) is 6.90. The Bertz CT molecular complexity index is 1100. The molecule has 8 heteroatoms. The lowest BCUT2D eigenvalue weighted by molar-refractivity contribution is 0.0398. The second-order valence-corrected chi connectivity index (χ2v) is 8.39. The van der Waals surface area contributed by atoms with Crippen molar-refractivity contribution in [2.45, 2.75) is 9.79 Å². The number of pyridine rings is 1. The van der Waals surface area contributed by atoms with Crippen LogP contribution in [-0.4, -0.2) is 49.3 Å². The molecule has 1 N–H and O–H groups in total. The van der Waals surface area contributed by atoms with E-state index in [4.69, 9.17) is 16.3 Å². The van der Waals surface area contributed by atoms with Crippen LogP contribution in [0.4, 0.5) is 10.1 Å². The number of nitrogens with zero attached hydrogens (tertiary/aromatic N) is 3. The predicted octanol–water partition coefficient (Wildman–Crippen LogP) is 4.79. The molecule has 0 aliphatic carbocycles. The second kappa shape index (κ2) is 9.63. The van der Waals surface area contributed by atoms with Crippen molar-refractivity contribution in [1.29, 1.82) is 5.26 Å². The van der Waals surface area contributed by atoms with E-state index in [-0.39, 0.29) is 5.02 Å². The van der Waals surface area contributed by atoms with Gasteiger partial charge in [-0.15, -0.1) is 0 Å². The van der Waals surface area contributed by atoms with Gasteiger partial charge in [-0.3, -0.25) is 9.88 Å². The topological polar surface area (TPSA) is 61.2 Å². The van der Waals surface area contributed by atoms with E-state index in [1.54, 1.807) is 18.3 Å². The van der Waals surface area contributed by atoms with E-state index < -0.39 is 5.82 Å². The third-order valence-corrected chi connectivity index (χ3v) is 6.33. The number of fused-ring (bicyclic) bond motifs is 1. The largest absolute Gasteiger partial charge is 0.384 e. The zero-order valence-electron chi connectivity index (χ0n) is 16.2. The van der Waals surface area contributed by atoms with Gasteiger partial charge in [0.2, 0.25) is 0 Å². The molecule has 1 saturated heterocycles. The number of nitriles is 1. The Kier molecular flexibility index (Phi) is 6.70. The van der Waals surface area contributed by atoms with Gasteiger partial charge in [-0.05, 0) is 36.4 Å². The molecule has 1 aliphatic rings. The van der Waals surface area contributed by atoms with Crippen molar-refractivity contribution in [3.8, 4) is 6.07 Å². The fraction of sp³-hybridized carbons (Fsp3) is 0.273. The molecule has 5 nitrogen and oxygen atoms in total. The first-order valence-electron chi connectivity index (χ1n) is 9.64. The number of halogens is 2. The van der Waals surface area contributed by atoms with Crippen molar-refractivity contribution in [2.75, 3.05) is 44.7 Å². The van der Waals surface area contributed by atoms with Crippen molar-refractivity contribution in [2.24, 2.45) is 0 Å². The minimum atomic E-state index is -0.465. The van der Waals surface area contributed by atoms with Gasteiger partial charge in [0.25, 0.3) is 0 Å². The first kappa shape index (κ1) is 20.9. The van der Waals surface area contributed by atoms with Crippen LogP contribution in [0.1, 0.15) is 5.56 Å². The molecule has 2 aromatic carbocycles. The van der Waals surface area contributed by atoms with E-state index in [0.29, 0.717) is 5.56 Å². The molecule has 1 aliphatic heterocycles. The highest BCUT2D eigenvalue weighted by Crippen LogP contribution is 2.37. The number of aromatic nitrogens is 1. The van der Waals surface area contributed by atoms with Crippen LogP contribution in [-0.2, 0) is 4.74 Å². The summed E-state index contributed by atoms with van der Waals surface area (Å²) in [6, 6.07) is 12.7. The number of rotatable bonds is 6. The molecule has 0 bridgehead atoms. The highest BCUT2D eigenvalue weighted by molar-refractivity contribution is 7.99. The molecule has 0 atom stereocenters. The van der Waals surface area contributed by atoms with E-state index in [1.807, 2.05) is 18.2 Å². The number of nitrogens with one attached hydrogen (secondary N) is 1. The lowest BCUT2D eigenvalue weighted by atomic mass is 10.1. The molecule has 0 unspecified atom stereocenters. The summed E-state index contributed by atoms with van der Waals surface area (Å²) >= 11 is 7.31. The van der Waals surface area contributed by atoms with Crippen molar-refractivity contribution in [3.05, 3.63) is 59.0 Å². The lowest BCUT2D eigenvalue weighted by Crippen LogP contribution is -2.38. The molecule has 2 heterocycles. The SMILES string of the molecule is N#Cc1cnc2ccc(NCCN3CCOCC3)cc2c1Sc1ccc(F)c(Cl)c1. The smallest absolute Gasteiger partial charge is 0.141 e. The summed E-state index contributed by atoms with van der Waals surface area (Å²) in [5.74, 6) is -0.465. The maximum absolute atomic E-state index is 13.5. The Morgan fingerprint density at radius 3 is 2.83 bits per heavy atom. The van der Waals surface area contributed by atoms with E-state index in [1.165, 1.54) is 17.8 Å². The van der Waals surface area contributed by atoms with Crippen molar-refractivity contribution in [3.63, 3.8) is 0 Å². The fourth-order valence-corrected chi connectivity index (χ4v) is 4.58. The summed E-state index contributed by atoms with van der Waals surface area (Å²) < 4.78 is 18.9. The summed E-state index contributed by atoms with van der Waals surface area (Å²) in [6.45, 7) is 5.23. The number of benzene rings is 2. The zero-order valence-corrected chi connectivity index (χ0v) is 17.8. The first-order chi connectivity index (χ1) is 14.6. The highest BCUT2D eigenvalue weighted by Gasteiger charge is 2.13. The van der Waals surface area contributed by atoms with E-state index in [0.717, 1.165) is 65.8 Å². The van der Waals surface area contributed by atoms with Gasteiger partial charge >= 0.3 is 0 Å². The molecule has 30 heavy (non-hydrogen) atoms. The maximum atomic E-state index is 13.5. The first-order valence-corrected chi connectivity index (χ1v) is 10.8. The molecule has 0 saturated carbocycles. The van der Waals surface area contributed by atoms with Crippen molar-refractivity contribution in [1.82, 2.24) is 9.88 Å². The minimum Gasteiger partial charge on any atom is -0.384 e. The van der Waals surface area contributed by atoms with Gasteiger partial charge in [-0.2, -0.15) is 5.26 Å². The Balaban J connectivity index is 1.58. The normalized spacial score (nSPS) is 14.6. The summed E-state index contributed by atoms with van der Waals surface area (Å²) in [7, 11) is 0. The van der Waals surface area contributed by atoms with Crippen LogP contribution in [0.15, 0.2) is 52.4 Å². The third-order valence-electron chi connectivity index (χ3n) is 4.91.